The van der Waals surface area contributed by atoms with Crippen LogP contribution < -0.4 is 10.6 Å². The molecule has 0 amide bonds. The van der Waals surface area contributed by atoms with Gasteiger partial charge in [0, 0.05) is 30.9 Å². The second-order valence-corrected chi connectivity index (χ2v) is 6.40. The number of carbonyl (C=O) groups is 1. The zero-order valence-corrected chi connectivity index (χ0v) is 13.9. The van der Waals surface area contributed by atoms with Crippen molar-refractivity contribution in [2.75, 3.05) is 51.3 Å². The van der Waals surface area contributed by atoms with Crippen LogP contribution in [0.5, 0.6) is 0 Å². The maximum Gasteiger partial charge on any atom is 0.179 e. The molecule has 2 heterocycles. The standard InChI is InChI=1S/C18H27N3O2/c1-14(19-6-2-8-21-9-11-23-12-10-21)18(22)16-3-4-17-15(13-16)5-7-20-17/h3-4,13-14,19-20H,2,5-12H2,1H3. The third-order valence-corrected chi connectivity index (χ3v) is 4.70. The Kier molecular flexibility index (Phi) is 5.65. The van der Waals surface area contributed by atoms with Crippen LogP contribution in [0.2, 0.25) is 0 Å². The highest BCUT2D eigenvalue weighted by Crippen LogP contribution is 2.23. The number of ketones is 1. The summed E-state index contributed by atoms with van der Waals surface area (Å²) in [7, 11) is 0. The van der Waals surface area contributed by atoms with Gasteiger partial charge in [-0.3, -0.25) is 9.69 Å². The molecule has 1 atom stereocenters. The Balaban J connectivity index is 1.42. The maximum atomic E-state index is 12.5. The molecule has 2 N–H and O–H groups in total. The lowest BCUT2D eigenvalue weighted by Gasteiger charge is -2.26. The molecule has 0 bridgehead atoms. The first-order chi connectivity index (χ1) is 11.2. The van der Waals surface area contributed by atoms with Gasteiger partial charge < -0.3 is 15.4 Å². The monoisotopic (exact) mass is 317 g/mol. The van der Waals surface area contributed by atoms with Gasteiger partial charge in [-0.2, -0.15) is 0 Å². The fraction of sp³-hybridized carbons (Fsp3) is 0.611. The first-order valence-electron chi connectivity index (χ1n) is 8.68. The lowest BCUT2D eigenvalue weighted by atomic mass is 10.0. The summed E-state index contributed by atoms with van der Waals surface area (Å²) >= 11 is 0. The number of Topliss-reactive ketones (excluding diaryl/α,β-unsaturated/α-hetero) is 1. The number of benzene rings is 1. The minimum absolute atomic E-state index is 0.132. The Labute approximate surface area is 138 Å². The van der Waals surface area contributed by atoms with Crippen LogP contribution in [0.15, 0.2) is 18.2 Å². The predicted octanol–water partition coefficient (Wildman–Crippen LogP) is 1.54. The third kappa shape index (κ3) is 4.31. The number of morpholine rings is 1. The van der Waals surface area contributed by atoms with Gasteiger partial charge in [-0.1, -0.05) is 0 Å². The average Bonchev–Trinajstić information content (AvgIpc) is 3.06. The molecule has 5 nitrogen and oxygen atoms in total. The lowest BCUT2D eigenvalue weighted by Crippen LogP contribution is -2.39. The van der Waals surface area contributed by atoms with Crippen molar-refractivity contribution in [1.82, 2.24) is 10.2 Å². The summed E-state index contributed by atoms with van der Waals surface area (Å²) in [4.78, 5) is 15.0. The van der Waals surface area contributed by atoms with Crippen molar-refractivity contribution in [2.45, 2.75) is 25.8 Å². The van der Waals surface area contributed by atoms with E-state index in [1.165, 1.54) is 11.3 Å². The van der Waals surface area contributed by atoms with Crippen LogP contribution in [0.4, 0.5) is 5.69 Å². The molecular weight excluding hydrogens is 290 g/mol. The number of hydrogen-bond acceptors (Lipinski definition) is 5. The van der Waals surface area contributed by atoms with Gasteiger partial charge in [0.15, 0.2) is 5.78 Å². The molecule has 0 aromatic heterocycles. The van der Waals surface area contributed by atoms with Crippen molar-refractivity contribution < 1.29 is 9.53 Å². The van der Waals surface area contributed by atoms with Crippen molar-refractivity contribution in [3.8, 4) is 0 Å². The smallest absolute Gasteiger partial charge is 0.179 e. The number of carbonyl (C=O) groups excluding carboxylic acids is 1. The molecule has 2 aliphatic heterocycles. The molecule has 0 spiro atoms. The Morgan fingerprint density at radius 2 is 2.22 bits per heavy atom. The first kappa shape index (κ1) is 16.4. The number of hydrogen-bond donors (Lipinski definition) is 2. The van der Waals surface area contributed by atoms with E-state index in [9.17, 15) is 4.79 Å². The average molecular weight is 317 g/mol. The van der Waals surface area contributed by atoms with Gasteiger partial charge in [0.05, 0.1) is 19.3 Å². The van der Waals surface area contributed by atoms with E-state index in [-0.39, 0.29) is 11.8 Å². The van der Waals surface area contributed by atoms with Crippen LogP contribution in [-0.4, -0.2) is 62.7 Å². The van der Waals surface area contributed by atoms with E-state index in [2.05, 4.69) is 15.5 Å². The Bertz CT molecular complexity index is 541. The summed E-state index contributed by atoms with van der Waals surface area (Å²) < 4.78 is 5.35. The topological polar surface area (TPSA) is 53.6 Å². The highest BCUT2D eigenvalue weighted by molar-refractivity contribution is 6.00. The maximum absolute atomic E-state index is 12.5. The molecule has 0 radical (unpaired) electrons. The van der Waals surface area contributed by atoms with Crippen LogP contribution in [0.25, 0.3) is 0 Å². The quantitative estimate of drug-likeness (QED) is 0.590. The Hall–Kier alpha value is -1.43. The van der Waals surface area contributed by atoms with E-state index >= 15 is 0 Å². The highest BCUT2D eigenvalue weighted by Gasteiger charge is 2.18. The molecule has 1 unspecified atom stereocenters. The van der Waals surface area contributed by atoms with E-state index < -0.39 is 0 Å². The van der Waals surface area contributed by atoms with Crippen LogP contribution in [0, 0.1) is 0 Å². The summed E-state index contributed by atoms with van der Waals surface area (Å²) in [6, 6.07) is 5.88. The van der Waals surface area contributed by atoms with E-state index in [0.29, 0.717) is 0 Å². The summed E-state index contributed by atoms with van der Waals surface area (Å²) in [5.41, 5.74) is 3.25. The van der Waals surface area contributed by atoms with Crippen LogP contribution in [-0.2, 0) is 11.2 Å². The molecule has 2 aliphatic rings. The molecule has 0 saturated carbocycles. The molecule has 0 aliphatic carbocycles. The van der Waals surface area contributed by atoms with Gasteiger partial charge in [0.1, 0.15) is 0 Å². The Morgan fingerprint density at radius 1 is 1.39 bits per heavy atom. The fourth-order valence-electron chi connectivity index (χ4n) is 3.25. The van der Waals surface area contributed by atoms with E-state index in [1.54, 1.807) is 0 Å². The van der Waals surface area contributed by atoms with Crippen molar-refractivity contribution in [3.63, 3.8) is 0 Å². The predicted molar refractivity (Wildman–Crippen MR) is 92.3 cm³/mol. The molecule has 3 rings (SSSR count). The summed E-state index contributed by atoms with van der Waals surface area (Å²) in [6.45, 7) is 8.61. The van der Waals surface area contributed by atoms with Crippen molar-refractivity contribution >= 4 is 11.5 Å². The number of anilines is 1. The molecule has 1 aromatic carbocycles. The van der Waals surface area contributed by atoms with Crippen molar-refractivity contribution in [2.24, 2.45) is 0 Å². The molecule has 1 aromatic rings. The van der Waals surface area contributed by atoms with Crippen LogP contribution in [0.1, 0.15) is 29.3 Å². The van der Waals surface area contributed by atoms with Crippen molar-refractivity contribution in [3.05, 3.63) is 29.3 Å². The summed E-state index contributed by atoms with van der Waals surface area (Å²) in [5.74, 6) is 0.186. The van der Waals surface area contributed by atoms with Crippen LogP contribution >= 0.6 is 0 Å². The fourth-order valence-corrected chi connectivity index (χ4v) is 3.25. The Morgan fingerprint density at radius 3 is 3.04 bits per heavy atom. The third-order valence-electron chi connectivity index (χ3n) is 4.70. The number of ether oxygens (including phenoxy) is 1. The molecule has 5 heteroatoms. The normalized spacial score (nSPS) is 19.2. The molecule has 1 fully saturated rings. The molecule has 1 saturated heterocycles. The van der Waals surface area contributed by atoms with Gasteiger partial charge in [-0.25, -0.2) is 0 Å². The minimum Gasteiger partial charge on any atom is -0.384 e. The van der Waals surface area contributed by atoms with Gasteiger partial charge in [-0.15, -0.1) is 0 Å². The highest BCUT2D eigenvalue weighted by atomic mass is 16.5. The SMILES string of the molecule is CC(NCCCN1CCOCC1)C(=O)c1ccc2c(c1)CCN2. The van der Waals surface area contributed by atoms with Crippen LogP contribution in [0.3, 0.4) is 0 Å². The van der Waals surface area contributed by atoms with E-state index in [1.807, 2.05) is 25.1 Å². The van der Waals surface area contributed by atoms with E-state index in [4.69, 9.17) is 4.74 Å². The number of rotatable bonds is 7. The minimum atomic E-state index is -0.132. The van der Waals surface area contributed by atoms with Gasteiger partial charge in [0.25, 0.3) is 0 Å². The largest absolute Gasteiger partial charge is 0.384 e. The molecule has 23 heavy (non-hydrogen) atoms. The summed E-state index contributed by atoms with van der Waals surface area (Å²) in [6.07, 6.45) is 2.07. The number of fused-ring (bicyclic) bond motifs is 1. The number of nitrogens with one attached hydrogen (secondary N) is 2. The first-order valence-corrected chi connectivity index (χ1v) is 8.68. The zero-order valence-electron chi connectivity index (χ0n) is 13.9. The van der Waals surface area contributed by atoms with Gasteiger partial charge in [0.2, 0.25) is 0 Å². The van der Waals surface area contributed by atoms with E-state index in [0.717, 1.165) is 64.3 Å². The molecule has 126 valence electrons. The van der Waals surface area contributed by atoms with Gasteiger partial charge in [-0.05, 0) is 56.6 Å². The second kappa shape index (κ2) is 7.90. The zero-order chi connectivity index (χ0) is 16.1. The number of nitrogens with zero attached hydrogens (tertiary/aromatic N) is 1. The second-order valence-electron chi connectivity index (χ2n) is 6.40. The summed E-state index contributed by atoms with van der Waals surface area (Å²) in [5, 5.41) is 6.69. The molecular formula is C18H27N3O2. The lowest BCUT2D eigenvalue weighted by molar-refractivity contribution is 0.0374. The van der Waals surface area contributed by atoms with Gasteiger partial charge >= 0.3 is 0 Å². The van der Waals surface area contributed by atoms with Crippen molar-refractivity contribution in [1.29, 1.82) is 0 Å².